The van der Waals surface area contributed by atoms with Gasteiger partial charge < -0.3 is 20.8 Å². The summed E-state index contributed by atoms with van der Waals surface area (Å²) >= 11 is 0. The van der Waals surface area contributed by atoms with Gasteiger partial charge in [-0.25, -0.2) is 0 Å². The quantitative estimate of drug-likeness (QED) is 0.394. The summed E-state index contributed by atoms with van der Waals surface area (Å²) in [5, 5.41) is 4.34. The summed E-state index contributed by atoms with van der Waals surface area (Å²) in [6.45, 7) is 3.28. The van der Waals surface area contributed by atoms with E-state index in [9.17, 15) is 0 Å². The number of fused-ring (bicyclic) bond motifs is 1. The molecule has 4 N–H and O–H groups in total. The molecule has 1 heterocycles. The smallest absolute Gasteiger partial charge is 0.188 e. The monoisotopic (exact) mass is 402 g/mol. The van der Waals surface area contributed by atoms with E-state index in [1.165, 1.54) is 10.9 Å². The zero-order valence-corrected chi connectivity index (χ0v) is 14.8. The predicted octanol–water partition coefficient (Wildman–Crippen LogP) is 2.27. The van der Waals surface area contributed by atoms with Crippen LogP contribution in [0.15, 0.2) is 35.5 Å². The molecule has 0 aliphatic heterocycles. The van der Waals surface area contributed by atoms with Gasteiger partial charge in [0.25, 0.3) is 0 Å². The van der Waals surface area contributed by atoms with Crippen molar-refractivity contribution in [1.82, 2.24) is 10.3 Å². The molecule has 0 fully saturated rings. The number of nitrogens with zero attached hydrogens (tertiary/aromatic N) is 1. The second kappa shape index (κ2) is 8.89. The fourth-order valence-corrected chi connectivity index (χ4v) is 2.23. The Morgan fingerprint density at radius 2 is 2.19 bits per heavy atom. The van der Waals surface area contributed by atoms with E-state index in [1.807, 2.05) is 25.3 Å². The molecule has 0 aliphatic carbocycles. The third-order valence-corrected chi connectivity index (χ3v) is 3.15. The first-order valence-corrected chi connectivity index (χ1v) is 6.81. The van der Waals surface area contributed by atoms with Gasteiger partial charge in [-0.3, -0.25) is 4.99 Å². The van der Waals surface area contributed by atoms with Crippen LogP contribution < -0.4 is 11.1 Å². The number of aromatic nitrogens is 1. The van der Waals surface area contributed by atoms with Gasteiger partial charge in [-0.15, -0.1) is 24.0 Å². The fraction of sp³-hybridized carbons (Fsp3) is 0.400. The van der Waals surface area contributed by atoms with Crippen molar-refractivity contribution in [3.05, 3.63) is 36.0 Å². The van der Waals surface area contributed by atoms with E-state index in [0.717, 1.165) is 11.9 Å². The maximum absolute atomic E-state index is 5.83. The first-order valence-electron chi connectivity index (χ1n) is 6.81. The number of aliphatic imine (C=N–C) groups is 1. The van der Waals surface area contributed by atoms with E-state index in [4.69, 9.17) is 10.5 Å². The molecule has 0 spiro atoms. The van der Waals surface area contributed by atoms with E-state index < -0.39 is 0 Å². The molecular formula is C15H23IN4O. The van der Waals surface area contributed by atoms with Crippen LogP contribution in [0.2, 0.25) is 0 Å². The predicted molar refractivity (Wildman–Crippen MR) is 98.4 cm³/mol. The van der Waals surface area contributed by atoms with E-state index >= 15 is 0 Å². The summed E-state index contributed by atoms with van der Waals surface area (Å²) in [6.07, 6.45) is 2.91. The molecule has 116 valence electrons. The SMILES string of the molecule is COCC(C)NC(N)=NCCc1c[nH]c2ccccc12.I. The molecule has 1 unspecified atom stereocenters. The molecule has 1 atom stereocenters. The van der Waals surface area contributed by atoms with Crippen molar-refractivity contribution in [3.8, 4) is 0 Å². The Labute approximate surface area is 142 Å². The zero-order chi connectivity index (χ0) is 14.4. The summed E-state index contributed by atoms with van der Waals surface area (Å²) in [5.41, 5.74) is 8.26. The molecule has 0 saturated heterocycles. The molecule has 0 aliphatic rings. The number of H-pyrrole nitrogens is 1. The summed E-state index contributed by atoms with van der Waals surface area (Å²) in [7, 11) is 1.67. The highest BCUT2D eigenvalue weighted by Gasteiger charge is 2.03. The highest BCUT2D eigenvalue weighted by Crippen LogP contribution is 2.17. The molecule has 2 rings (SSSR count). The number of guanidine groups is 1. The number of hydrogen-bond donors (Lipinski definition) is 3. The number of methoxy groups -OCH3 is 1. The molecule has 0 bridgehead atoms. The summed E-state index contributed by atoms with van der Waals surface area (Å²) in [5.74, 6) is 0.467. The average Bonchev–Trinajstić information content (AvgIpc) is 2.82. The third kappa shape index (κ3) is 5.20. The van der Waals surface area contributed by atoms with E-state index in [2.05, 4.69) is 27.4 Å². The van der Waals surface area contributed by atoms with Crippen LogP contribution in [-0.4, -0.2) is 37.2 Å². The highest BCUT2D eigenvalue weighted by atomic mass is 127. The zero-order valence-electron chi connectivity index (χ0n) is 12.4. The number of hydrogen-bond acceptors (Lipinski definition) is 2. The van der Waals surface area contributed by atoms with Crippen LogP contribution in [0.1, 0.15) is 12.5 Å². The molecule has 6 heteroatoms. The molecular weight excluding hydrogens is 379 g/mol. The number of para-hydroxylation sites is 1. The number of ether oxygens (including phenoxy) is 1. The minimum Gasteiger partial charge on any atom is -0.383 e. The van der Waals surface area contributed by atoms with Crippen LogP contribution in [-0.2, 0) is 11.2 Å². The molecule has 0 radical (unpaired) electrons. The van der Waals surface area contributed by atoms with E-state index in [1.54, 1.807) is 7.11 Å². The summed E-state index contributed by atoms with van der Waals surface area (Å²) < 4.78 is 5.04. The van der Waals surface area contributed by atoms with Crippen molar-refractivity contribution in [1.29, 1.82) is 0 Å². The van der Waals surface area contributed by atoms with E-state index in [0.29, 0.717) is 19.1 Å². The second-order valence-electron chi connectivity index (χ2n) is 4.88. The summed E-state index contributed by atoms with van der Waals surface area (Å²) in [4.78, 5) is 7.61. The first-order chi connectivity index (χ1) is 9.70. The van der Waals surface area contributed by atoms with Crippen molar-refractivity contribution in [3.63, 3.8) is 0 Å². The summed E-state index contributed by atoms with van der Waals surface area (Å²) in [6, 6.07) is 8.43. The average molecular weight is 402 g/mol. The van der Waals surface area contributed by atoms with Crippen LogP contribution in [0, 0.1) is 0 Å². The largest absolute Gasteiger partial charge is 0.383 e. The van der Waals surface area contributed by atoms with Gasteiger partial charge in [0.05, 0.1) is 6.61 Å². The lowest BCUT2D eigenvalue weighted by Gasteiger charge is -2.12. The van der Waals surface area contributed by atoms with Crippen molar-refractivity contribution < 1.29 is 4.74 Å². The Kier molecular flexibility index (Phi) is 7.52. The first kappa shape index (κ1) is 17.8. The minimum absolute atomic E-state index is 0. The third-order valence-electron chi connectivity index (χ3n) is 3.15. The van der Waals surface area contributed by atoms with Gasteiger partial charge in [0.15, 0.2) is 5.96 Å². The van der Waals surface area contributed by atoms with Gasteiger partial charge in [0, 0.05) is 36.8 Å². The maximum atomic E-state index is 5.83. The van der Waals surface area contributed by atoms with Crippen molar-refractivity contribution in [2.24, 2.45) is 10.7 Å². The number of benzene rings is 1. The lowest BCUT2D eigenvalue weighted by Crippen LogP contribution is -2.40. The Morgan fingerprint density at radius 3 is 2.95 bits per heavy atom. The number of nitrogens with one attached hydrogen (secondary N) is 2. The lowest BCUT2D eigenvalue weighted by atomic mass is 10.1. The van der Waals surface area contributed by atoms with Gasteiger partial charge in [0.1, 0.15) is 0 Å². The van der Waals surface area contributed by atoms with Gasteiger partial charge in [-0.1, -0.05) is 18.2 Å². The standard InChI is InChI=1S/C15H22N4O.HI/c1-11(10-20-2)19-15(16)17-8-7-12-9-18-14-6-4-3-5-13(12)14;/h3-6,9,11,18H,7-8,10H2,1-2H3,(H3,16,17,19);1H. The molecule has 5 nitrogen and oxygen atoms in total. The molecule has 1 aromatic carbocycles. The minimum atomic E-state index is 0. The van der Waals surface area contributed by atoms with Crippen molar-refractivity contribution in [2.45, 2.75) is 19.4 Å². The number of halogens is 1. The Morgan fingerprint density at radius 1 is 1.43 bits per heavy atom. The normalized spacial score (nSPS) is 13.0. The molecule has 2 aromatic rings. The van der Waals surface area contributed by atoms with Gasteiger partial charge in [-0.2, -0.15) is 0 Å². The van der Waals surface area contributed by atoms with Gasteiger partial charge >= 0.3 is 0 Å². The fourth-order valence-electron chi connectivity index (χ4n) is 2.23. The van der Waals surface area contributed by atoms with Gasteiger partial charge in [0.2, 0.25) is 0 Å². The topological polar surface area (TPSA) is 75.4 Å². The van der Waals surface area contributed by atoms with Crippen LogP contribution in [0.5, 0.6) is 0 Å². The second-order valence-corrected chi connectivity index (χ2v) is 4.88. The van der Waals surface area contributed by atoms with Crippen molar-refractivity contribution in [2.75, 3.05) is 20.3 Å². The van der Waals surface area contributed by atoms with Crippen LogP contribution in [0.3, 0.4) is 0 Å². The molecule has 1 aromatic heterocycles. The molecule has 21 heavy (non-hydrogen) atoms. The van der Waals surface area contributed by atoms with Crippen LogP contribution >= 0.6 is 24.0 Å². The number of nitrogens with two attached hydrogens (primary N) is 1. The number of aromatic amines is 1. The molecule has 0 saturated carbocycles. The Bertz CT molecular complexity index is 582. The molecule has 0 amide bonds. The van der Waals surface area contributed by atoms with E-state index in [-0.39, 0.29) is 30.0 Å². The number of rotatable bonds is 6. The Hall–Kier alpha value is -1.28. The van der Waals surface area contributed by atoms with Crippen LogP contribution in [0.25, 0.3) is 10.9 Å². The van der Waals surface area contributed by atoms with Crippen LogP contribution in [0.4, 0.5) is 0 Å². The maximum Gasteiger partial charge on any atom is 0.188 e. The van der Waals surface area contributed by atoms with Gasteiger partial charge in [-0.05, 0) is 25.0 Å². The highest BCUT2D eigenvalue weighted by molar-refractivity contribution is 14.0. The Balaban J connectivity index is 0.00000220. The van der Waals surface area contributed by atoms with Crippen molar-refractivity contribution >= 4 is 40.8 Å². The lowest BCUT2D eigenvalue weighted by molar-refractivity contribution is 0.179.